The zero-order valence-corrected chi connectivity index (χ0v) is 16.5. The van der Waals surface area contributed by atoms with Gasteiger partial charge in [-0.05, 0) is 42.5 Å². The summed E-state index contributed by atoms with van der Waals surface area (Å²) in [6.07, 6.45) is 1.36. The van der Waals surface area contributed by atoms with E-state index in [9.17, 15) is 13.2 Å². The first-order chi connectivity index (χ1) is 12.3. The number of hydrogen-bond donors (Lipinski definition) is 0. The van der Waals surface area contributed by atoms with E-state index in [2.05, 4.69) is 0 Å². The van der Waals surface area contributed by atoms with E-state index >= 15 is 0 Å². The summed E-state index contributed by atoms with van der Waals surface area (Å²) >= 11 is 1.23. The van der Waals surface area contributed by atoms with E-state index < -0.39 is 15.6 Å². The molecule has 3 heterocycles. The van der Waals surface area contributed by atoms with E-state index in [1.807, 2.05) is 26.0 Å². The van der Waals surface area contributed by atoms with Crippen LogP contribution in [0.3, 0.4) is 0 Å². The number of benzene rings is 1. The van der Waals surface area contributed by atoms with Crippen LogP contribution in [0.5, 0.6) is 5.75 Å². The first kappa shape index (κ1) is 17.7. The zero-order chi connectivity index (χ0) is 18.5. The molecule has 0 unspecified atom stereocenters. The van der Waals surface area contributed by atoms with Crippen LogP contribution < -0.4 is 4.74 Å². The Hall–Kier alpha value is -1.70. The summed E-state index contributed by atoms with van der Waals surface area (Å²) in [5, 5.41) is 1.77. The van der Waals surface area contributed by atoms with Crippen molar-refractivity contribution in [2.45, 2.75) is 42.9 Å². The molecule has 0 N–H and O–H groups in total. The summed E-state index contributed by atoms with van der Waals surface area (Å²) in [5.41, 5.74) is 2.09. The van der Waals surface area contributed by atoms with Gasteiger partial charge >= 0.3 is 0 Å². The topological polar surface area (TPSA) is 63.7 Å². The number of ketones is 1. The van der Waals surface area contributed by atoms with Gasteiger partial charge in [-0.1, -0.05) is 12.1 Å². The SMILES string of the molecule is Cc1cc(C)c2c(c1)OC1(CCN(S(=O)(=O)c3cccs3)CC1)CC2=O. The molecule has 0 amide bonds. The summed E-state index contributed by atoms with van der Waals surface area (Å²) in [7, 11) is -3.45. The average molecular weight is 392 g/mol. The van der Waals surface area contributed by atoms with Gasteiger partial charge in [0.15, 0.2) is 5.78 Å². The van der Waals surface area contributed by atoms with Crippen molar-refractivity contribution in [2.75, 3.05) is 13.1 Å². The second-order valence-corrected chi connectivity index (χ2v) is 10.3. The summed E-state index contributed by atoms with van der Waals surface area (Å²) in [4.78, 5) is 12.7. The third-order valence-corrected chi connectivity index (χ3v) is 8.53. The standard InChI is InChI=1S/C19H21NO4S2/c1-13-10-14(2)18-15(21)12-19(24-16(18)11-13)5-7-20(8-6-19)26(22,23)17-4-3-9-25-17/h3-4,9-11H,5-8,12H2,1-2H3. The lowest BCUT2D eigenvalue weighted by molar-refractivity contribution is 0.00581. The molecule has 2 aliphatic rings. The molecule has 4 rings (SSSR count). The van der Waals surface area contributed by atoms with E-state index in [1.165, 1.54) is 15.6 Å². The Labute approximate surface area is 157 Å². The molecule has 1 aromatic carbocycles. The molecule has 1 aromatic heterocycles. The molecule has 2 aliphatic heterocycles. The van der Waals surface area contributed by atoms with Crippen molar-refractivity contribution in [2.24, 2.45) is 0 Å². The van der Waals surface area contributed by atoms with Gasteiger partial charge in [0.2, 0.25) is 0 Å². The molecule has 5 nitrogen and oxygen atoms in total. The predicted molar refractivity (Wildman–Crippen MR) is 101 cm³/mol. The molecule has 26 heavy (non-hydrogen) atoms. The van der Waals surface area contributed by atoms with Crippen molar-refractivity contribution in [3.8, 4) is 5.75 Å². The molecule has 7 heteroatoms. The van der Waals surface area contributed by atoms with E-state index in [0.717, 1.165) is 11.1 Å². The fraction of sp³-hybridized carbons (Fsp3) is 0.421. The first-order valence-corrected chi connectivity index (χ1v) is 11.0. The summed E-state index contributed by atoms with van der Waals surface area (Å²) in [6.45, 7) is 4.65. The number of Topliss-reactive ketones (excluding diaryl/α,β-unsaturated/α-hetero) is 1. The minimum Gasteiger partial charge on any atom is -0.486 e. The Kier molecular flexibility index (Phi) is 4.21. The minimum atomic E-state index is -3.45. The number of nitrogens with zero attached hydrogens (tertiary/aromatic N) is 1. The molecule has 1 saturated heterocycles. The number of hydrogen-bond acceptors (Lipinski definition) is 5. The van der Waals surface area contributed by atoms with Crippen LogP contribution in [0.25, 0.3) is 0 Å². The van der Waals surface area contributed by atoms with Crippen LogP contribution in [0.15, 0.2) is 33.9 Å². The van der Waals surface area contributed by atoms with Crippen molar-refractivity contribution in [3.05, 3.63) is 46.3 Å². The van der Waals surface area contributed by atoms with E-state index in [4.69, 9.17) is 4.74 Å². The molecule has 2 aromatic rings. The van der Waals surface area contributed by atoms with Gasteiger partial charge in [0.1, 0.15) is 15.6 Å². The van der Waals surface area contributed by atoms with Gasteiger partial charge in [-0.3, -0.25) is 4.79 Å². The van der Waals surface area contributed by atoms with Crippen molar-refractivity contribution >= 4 is 27.1 Å². The second-order valence-electron chi connectivity index (χ2n) is 7.18. The van der Waals surface area contributed by atoms with Crippen LogP contribution in [-0.2, 0) is 10.0 Å². The van der Waals surface area contributed by atoms with Crippen LogP contribution in [0.1, 0.15) is 40.7 Å². The van der Waals surface area contributed by atoms with Gasteiger partial charge in [0.25, 0.3) is 10.0 Å². The number of sulfonamides is 1. The first-order valence-electron chi connectivity index (χ1n) is 8.68. The van der Waals surface area contributed by atoms with Gasteiger partial charge < -0.3 is 4.74 Å². The van der Waals surface area contributed by atoms with Crippen LogP contribution in [0, 0.1) is 13.8 Å². The van der Waals surface area contributed by atoms with Crippen LogP contribution >= 0.6 is 11.3 Å². The highest BCUT2D eigenvalue weighted by Gasteiger charge is 2.45. The number of carbonyl (C=O) groups is 1. The second kappa shape index (κ2) is 6.18. The Balaban J connectivity index is 1.57. The third-order valence-electron chi connectivity index (χ3n) is 5.25. The van der Waals surface area contributed by atoms with Crippen molar-refractivity contribution in [1.29, 1.82) is 0 Å². The van der Waals surface area contributed by atoms with E-state index in [0.29, 0.717) is 47.9 Å². The number of ether oxygens (including phenoxy) is 1. The fourth-order valence-electron chi connectivity index (χ4n) is 3.97. The van der Waals surface area contributed by atoms with Crippen LogP contribution in [0.4, 0.5) is 0 Å². The number of fused-ring (bicyclic) bond motifs is 1. The highest BCUT2D eigenvalue weighted by Crippen LogP contribution is 2.41. The molecule has 0 radical (unpaired) electrons. The smallest absolute Gasteiger partial charge is 0.252 e. The van der Waals surface area contributed by atoms with Crippen LogP contribution in [0.2, 0.25) is 0 Å². The van der Waals surface area contributed by atoms with Crippen molar-refractivity contribution in [1.82, 2.24) is 4.31 Å². The van der Waals surface area contributed by atoms with Gasteiger partial charge in [-0.15, -0.1) is 11.3 Å². The Morgan fingerprint density at radius 2 is 1.92 bits per heavy atom. The molecule has 138 valence electrons. The summed E-state index contributed by atoms with van der Waals surface area (Å²) < 4.78 is 33.6. The summed E-state index contributed by atoms with van der Waals surface area (Å²) in [6, 6.07) is 7.28. The quantitative estimate of drug-likeness (QED) is 0.785. The highest BCUT2D eigenvalue weighted by molar-refractivity contribution is 7.91. The molecule has 0 bridgehead atoms. The predicted octanol–water partition coefficient (Wildman–Crippen LogP) is 3.55. The summed E-state index contributed by atoms with van der Waals surface area (Å²) in [5.74, 6) is 0.742. The third kappa shape index (κ3) is 2.88. The number of rotatable bonds is 2. The molecular formula is C19H21NO4S2. The van der Waals surface area contributed by atoms with E-state index in [-0.39, 0.29) is 5.78 Å². The zero-order valence-electron chi connectivity index (χ0n) is 14.8. The molecule has 0 atom stereocenters. The molecule has 0 saturated carbocycles. The lowest BCUT2D eigenvalue weighted by atomic mass is 9.82. The lowest BCUT2D eigenvalue weighted by Crippen LogP contribution is -2.52. The monoisotopic (exact) mass is 391 g/mol. The highest BCUT2D eigenvalue weighted by atomic mass is 32.2. The minimum absolute atomic E-state index is 0.0957. The maximum absolute atomic E-state index is 12.7. The van der Waals surface area contributed by atoms with Crippen molar-refractivity contribution < 1.29 is 17.9 Å². The van der Waals surface area contributed by atoms with E-state index in [1.54, 1.807) is 17.5 Å². The number of aryl methyl sites for hydroxylation is 2. The van der Waals surface area contributed by atoms with Crippen molar-refractivity contribution in [3.63, 3.8) is 0 Å². The molecular weight excluding hydrogens is 370 g/mol. The number of carbonyl (C=O) groups excluding carboxylic acids is 1. The number of piperidine rings is 1. The molecule has 1 spiro atoms. The normalized spacial score (nSPS) is 20.0. The maximum Gasteiger partial charge on any atom is 0.252 e. The number of thiophene rings is 1. The van der Waals surface area contributed by atoms with Crippen LogP contribution in [-0.4, -0.2) is 37.2 Å². The average Bonchev–Trinajstić information content (AvgIpc) is 3.09. The Bertz CT molecular complexity index is 956. The Morgan fingerprint density at radius 3 is 2.58 bits per heavy atom. The van der Waals surface area contributed by atoms with Gasteiger partial charge in [0.05, 0.1) is 12.0 Å². The lowest BCUT2D eigenvalue weighted by Gasteiger charge is -2.43. The van der Waals surface area contributed by atoms with Gasteiger partial charge in [0, 0.05) is 25.9 Å². The van der Waals surface area contributed by atoms with Gasteiger partial charge in [-0.2, -0.15) is 4.31 Å². The molecule has 1 fully saturated rings. The Morgan fingerprint density at radius 1 is 1.19 bits per heavy atom. The maximum atomic E-state index is 12.7. The fourth-order valence-corrected chi connectivity index (χ4v) is 6.55. The largest absolute Gasteiger partial charge is 0.486 e. The van der Waals surface area contributed by atoms with Gasteiger partial charge in [-0.25, -0.2) is 8.42 Å². The molecule has 0 aliphatic carbocycles.